The lowest BCUT2D eigenvalue weighted by Crippen LogP contribution is -2.22. The van der Waals surface area contributed by atoms with Crippen molar-refractivity contribution in [2.75, 3.05) is 6.54 Å². The van der Waals surface area contributed by atoms with E-state index in [4.69, 9.17) is 0 Å². The van der Waals surface area contributed by atoms with Crippen LogP contribution in [-0.2, 0) is 0 Å². The second kappa shape index (κ2) is 3.33. The van der Waals surface area contributed by atoms with Crippen molar-refractivity contribution in [3.63, 3.8) is 0 Å². The van der Waals surface area contributed by atoms with Crippen molar-refractivity contribution in [2.45, 2.75) is 38.9 Å². The van der Waals surface area contributed by atoms with E-state index in [0.717, 1.165) is 12.8 Å². The molecule has 60 valence electrons. The van der Waals surface area contributed by atoms with Gasteiger partial charge in [0.2, 0.25) is 0 Å². The molecule has 1 saturated heterocycles. The first-order valence-corrected chi connectivity index (χ1v) is 4.06. The average Bonchev–Trinajstić information content (AvgIpc) is 2.13. The molecule has 0 saturated carbocycles. The van der Waals surface area contributed by atoms with E-state index in [-0.39, 0.29) is 0 Å². The van der Waals surface area contributed by atoms with Gasteiger partial charge in [0.25, 0.3) is 0 Å². The minimum absolute atomic E-state index is 0.440. The maximum absolute atomic E-state index is 12.6. The number of alkyl halides is 1. The van der Waals surface area contributed by atoms with Crippen LogP contribution in [0.5, 0.6) is 0 Å². The van der Waals surface area contributed by atoms with Crippen molar-refractivity contribution in [3.8, 4) is 0 Å². The van der Waals surface area contributed by atoms with Crippen LogP contribution in [0.15, 0.2) is 0 Å². The molecule has 0 aromatic heterocycles. The topological polar surface area (TPSA) is 12.0 Å². The van der Waals surface area contributed by atoms with E-state index in [1.807, 2.05) is 0 Å². The van der Waals surface area contributed by atoms with Gasteiger partial charge in [-0.1, -0.05) is 13.8 Å². The molecule has 1 unspecified atom stereocenters. The third kappa shape index (κ3) is 2.25. The molecular weight excluding hydrogens is 129 g/mol. The summed E-state index contributed by atoms with van der Waals surface area (Å²) in [5.74, 6) is 0.683. The SMILES string of the molecule is CC(C)C[C@@H]1CC(F)CN1. The van der Waals surface area contributed by atoms with Gasteiger partial charge < -0.3 is 5.32 Å². The summed E-state index contributed by atoms with van der Waals surface area (Å²) in [4.78, 5) is 0. The molecule has 0 aromatic carbocycles. The van der Waals surface area contributed by atoms with Gasteiger partial charge in [-0.15, -0.1) is 0 Å². The van der Waals surface area contributed by atoms with E-state index in [1.54, 1.807) is 0 Å². The van der Waals surface area contributed by atoms with E-state index < -0.39 is 6.17 Å². The van der Waals surface area contributed by atoms with Crippen molar-refractivity contribution >= 4 is 0 Å². The third-order valence-corrected chi connectivity index (χ3v) is 1.92. The van der Waals surface area contributed by atoms with E-state index in [9.17, 15) is 4.39 Å². The summed E-state index contributed by atoms with van der Waals surface area (Å²) in [5.41, 5.74) is 0. The Hall–Kier alpha value is -0.110. The average molecular weight is 145 g/mol. The minimum atomic E-state index is -0.594. The molecule has 1 aliphatic rings. The first kappa shape index (κ1) is 7.99. The van der Waals surface area contributed by atoms with Crippen LogP contribution in [0.2, 0.25) is 0 Å². The van der Waals surface area contributed by atoms with Crippen LogP contribution in [0.3, 0.4) is 0 Å². The maximum Gasteiger partial charge on any atom is 0.114 e. The highest BCUT2D eigenvalue weighted by molar-refractivity contribution is 4.81. The molecule has 1 rings (SSSR count). The molecule has 1 heterocycles. The molecule has 0 aliphatic carbocycles. The fraction of sp³-hybridized carbons (Fsp3) is 1.00. The largest absolute Gasteiger partial charge is 0.311 e. The van der Waals surface area contributed by atoms with Crippen molar-refractivity contribution in [1.82, 2.24) is 5.32 Å². The lowest BCUT2D eigenvalue weighted by atomic mass is 10.0. The third-order valence-electron chi connectivity index (χ3n) is 1.92. The van der Waals surface area contributed by atoms with Crippen molar-refractivity contribution in [2.24, 2.45) is 5.92 Å². The van der Waals surface area contributed by atoms with Crippen molar-refractivity contribution < 1.29 is 4.39 Å². The lowest BCUT2D eigenvalue weighted by molar-refractivity contribution is 0.349. The normalized spacial score (nSPS) is 33.6. The zero-order valence-electron chi connectivity index (χ0n) is 6.73. The van der Waals surface area contributed by atoms with Gasteiger partial charge in [-0.3, -0.25) is 0 Å². The van der Waals surface area contributed by atoms with Gasteiger partial charge in [-0.25, -0.2) is 4.39 Å². The summed E-state index contributed by atoms with van der Waals surface area (Å²) in [6.07, 6.45) is 1.24. The highest BCUT2D eigenvalue weighted by Crippen LogP contribution is 2.16. The molecule has 1 aliphatic heterocycles. The first-order valence-electron chi connectivity index (χ1n) is 4.06. The van der Waals surface area contributed by atoms with Crippen molar-refractivity contribution in [1.29, 1.82) is 0 Å². The summed E-state index contributed by atoms with van der Waals surface area (Å²) < 4.78 is 12.6. The molecule has 1 fully saturated rings. The van der Waals surface area contributed by atoms with Crippen LogP contribution in [0.25, 0.3) is 0 Å². The van der Waals surface area contributed by atoms with Crippen LogP contribution < -0.4 is 5.32 Å². The molecule has 0 radical (unpaired) electrons. The van der Waals surface area contributed by atoms with E-state index in [2.05, 4.69) is 19.2 Å². The summed E-state index contributed by atoms with van der Waals surface area (Å²) in [7, 11) is 0. The van der Waals surface area contributed by atoms with Gasteiger partial charge in [0.05, 0.1) is 0 Å². The second-order valence-electron chi connectivity index (χ2n) is 3.57. The molecular formula is C8H16FN. The second-order valence-corrected chi connectivity index (χ2v) is 3.57. The zero-order valence-corrected chi connectivity index (χ0v) is 6.73. The van der Waals surface area contributed by atoms with Crippen LogP contribution in [0.4, 0.5) is 4.39 Å². The minimum Gasteiger partial charge on any atom is -0.311 e. The van der Waals surface area contributed by atoms with Gasteiger partial charge in [-0.05, 0) is 18.8 Å². The van der Waals surface area contributed by atoms with Crippen LogP contribution >= 0.6 is 0 Å². The Morgan fingerprint density at radius 1 is 1.60 bits per heavy atom. The zero-order chi connectivity index (χ0) is 7.56. The summed E-state index contributed by atoms with van der Waals surface area (Å²) >= 11 is 0. The summed E-state index contributed by atoms with van der Waals surface area (Å²) in [6, 6.07) is 0.440. The van der Waals surface area contributed by atoms with Gasteiger partial charge in [0.1, 0.15) is 6.17 Å². The van der Waals surface area contributed by atoms with Gasteiger partial charge >= 0.3 is 0 Å². The Morgan fingerprint density at radius 3 is 2.70 bits per heavy atom. The Labute approximate surface area is 62.0 Å². The quantitative estimate of drug-likeness (QED) is 0.624. The van der Waals surface area contributed by atoms with E-state index in [1.165, 1.54) is 0 Å². The number of hydrogen-bond donors (Lipinski definition) is 1. The smallest absolute Gasteiger partial charge is 0.114 e. The highest BCUT2D eigenvalue weighted by Gasteiger charge is 2.23. The Kier molecular flexibility index (Phi) is 2.66. The van der Waals surface area contributed by atoms with Crippen LogP contribution in [-0.4, -0.2) is 18.8 Å². The van der Waals surface area contributed by atoms with Gasteiger partial charge in [-0.2, -0.15) is 0 Å². The van der Waals surface area contributed by atoms with Crippen LogP contribution in [0.1, 0.15) is 26.7 Å². The molecule has 0 aromatic rings. The van der Waals surface area contributed by atoms with Crippen molar-refractivity contribution in [3.05, 3.63) is 0 Å². The molecule has 0 bridgehead atoms. The lowest BCUT2D eigenvalue weighted by Gasteiger charge is -2.11. The molecule has 1 N–H and O–H groups in total. The standard InChI is InChI=1S/C8H16FN/c1-6(2)3-8-4-7(9)5-10-8/h6-8,10H,3-5H2,1-2H3/t7?,8-/m1/s1. The highest BCUT2D eigenvalue weighted by atomic mass is 19.1. The number of halogens is 1. The Morgan fingerprint density at radius 2 is 2.30 bits per heavy atom. The number of rotatable bonds is 2. The van der Waals surface area contributed by atoms with Crippen LogP contribution in [0, 0.1) is 5.92 Å². The molecule has 0 spiro atoms. The molecule has 0 amide bonds. The maximum atomic E-state index is 12.6. The van der Waals surface area contributed by atoms with Gasteiger partial charge in [0.15, 0.2) is 0 Å². The van der Waals surface area contributed by atoms with Gasteiger partial charge in [0, 0.05) is 12.6 Å². The fourth-order valence-electron chi connectivity index (χ4n) is 1.52. The number of hydrogen-bond acceptors (Lipinski definition) is 1. The predicted molar refractivity (Wildman–Crippen MR) is 40.8 cm³/mol. The Bertz CT molecular complexity index is 103. The molecule has 2 heteroatoms. The van der Waals surface area contributed by atoms with E-state index in [0.29, 0.717) is 18.5 Å². The molecule has 10 heavy (non-hydrogen) atoms. The molecule has 2 atom stereocenters. The van der Waals surface area contributed by atoms with E-state index >= 15 is 0 Å². The first-order chi connectivity index (χ1) is 4.68. The number of nitrogens with one attached hydrogen (secondary N) is 1. The fourth-order valence-corrected chi connectivity index (χ4v) is 1.52. The summed E-state index contributed by atoms with van der Waals surface area (Å²) in [6.45, 7) is 4.91. The molecule has 1 nitrogen and oxygen atoms in total. The monoisotopic (exact) mass is 145 g/mol. The Balaban J connectivity index is 2.18. The predicted octanol–water partition coefficient (Wildman–Crippen LogP) is 1.73. The summed E-state index contributed by atoms with van der Waals surface area (Å²) in [5, 5.41) is 3.16.